The van der Waals surface area contributed by atoms with Gasteiger partial charge in [-0.25, -0.2) is 4.98 Å². The van der Waals surface area contributed by atoms with E-state index in [1.807, 2.05) is 48.5 Å². The van der Waals surface area contributed by atoms with Crippen LogP contribution in [0, 0.1) is 0 Å². The topological polar surface area (TPSA) is 103 Å². The predicted molar refractivity (Wildman–Crippen MR) is 114 cm³/mol. The highest BCUT2D eigenvalue weighted by molar-refractivity contribution is 5.93. The number of ether oxygens (including phenoxy) is 2. The van der Waals surface area contributed by atoms with Crippen LogP contribution < -0.4 is 15.2 Å². The lowest BCUT2D eigenvalue weighted by Crippen LogP contribution is -2.10. The number of hydrogen-bond donors (Lipinski definition) is 2. The maximum Gasteiger partial charge on any atom is 0.248 e. The molecule has 3 N–H and O–H groups in total. The number of nitrogens with one attached hydrogen (secondary N) is 1. The number of amides is 1. The van der Waals surface area contributed by atoms with Gasteiger partial charge in [0.15, 0.2) is 11.5 Å². The van der Waals surface area contributed by atoms with Crippen LogP contribution in [0.15, 0.2) is 66.9 Å². The first-order chi connectivity index (χ1) is 14.2. The van der Waals surface area contributed by atoms with Gasteiger partial charge >= 0.3 is 0 Å². The lowest BCUT2D eigenvalue weighted by molar-refractivity contribution is 0.100. The molecule has 1 amide bonds. The van der Waals surface area contributed by atoms with E-state index in [4.69, 9.17) is 20.2 Å². The molecule has 0 fully saturated rings. The molecule has 1 aliphatic rings. The molecule has 0 spiro atoms. The van der Waals surface area contributed by atoms with Crippen molar-refractivity contribution in [2.24, 2.45) is 5.73 Å². The highest BCUT2D eigenvalue weighted by Crippen LogP contribution is 2.38. The molecule has 150 valence electrons. The summed E-state index contributed by atoms with van der Waals surface area (Å²) < 4.78 is 10.9. The number of nitrogens with two attached hydrogens (primary N) is 1. The van der Waals surface area contributed by atoms with Gasteiger partial charge in [-0.2, -0.15) is 0 Å². The number of aromatic amines is 1. The molecule has 1 aliphatic heterocycles. The third-order valence-electron chi connectivity index (χ3n) is 4.71. The van der Waals surface area contributed by atoms with Crippen LogP contribution in [0.1, 0.15) is 17.8 Å². The number of carbonyl (C=O) groups is 1. The number of H-pyrrole nitrogens is 1. The highest BCUT2D eigenvalue weighted by Gasteiger charge is 2.20. The van der Waals surface area contributed by atoms with E-state index in [0.29, 0.717) is 22.9 Å². The van der Waals surface area contributed by atoms with Gasteiger partial charge in [-0.05, 0) is 42.5 Å². The van der Waals surface area contributed by atoms with Crippen molar-refractivity contribution in [1.82, 2.24) is 15.0 Å². The van der Waals surface area contributed by atoms with Crippen LogP contribution in [-0.4, -0.2) is 27.7 Å². The molecule has 0 bridgehead atoms. The lowest BCUT2D eigenvalue weighted by atomic mass is 10.1. The predicted octanol–water partition coefficient (Wildman–Crippen LogP) is 4.27. The number of rotatable bonds is 4. The van der Waals surface area contributed by atoms with E-state index in [1.54, 1.807) is 18.3 Å². The molecule has 0 aliphatic carbocycles. The Kier molecular flexibility index (Phi) is 4.93. The second-order valence-electron chi connectivity index (χ2n) is 6.53. The molecule has 0 radical (unpaired) electrons. The van der Waals surface area contributed by atoms with Gasteiger partial charge in [0.05, 0.1) is 17.1 Å². The van der Waals surface area contributed by atoms with Gasteiger partial charge < -0.3 is 20.2 Å². The molecular formula is C23H20N4O3. The van der Waals surface area contributed by atoms with Crippen molar-refractivity contribution in [3.05, 3.63) is 72.4 Å². The Balaban J connectivity index is 0.00000218. The Morgan fingerprint density at radius 3 is 2.47 bits per heavy atom. The first-order valence-corrected chi connectivity index (χ1v) is 9.01. The standard InChI is InChI=1S/C22H16N4O3.CH4/c23-21(27)13-4-6-14(7-5-13)22-25-19(20(26-22)16-3-1-2-10-24-16)15-8-9-17-18(11-15)29-12-28-17;/h1-11H,12H2,(H2,23,27)(H,25,26);1H4. The third kappa shape index (κ3) is 3.37. The van der Waals surface area contributed by atoms with Crippen LogP contribution in [0.2, 0.25) is 0 Å². The van der Waals surface area contributed by atoms with Gasteiger partial charge in [-0.1, -0.05) is 25.6 Å². The molecule has 2 aromatic heterocycles. The van der Waals surface area contributed by atoms with E-state index in [-0.39, 0.29) is 14.2 Å². The third-order valence-corrected chi connectivity index (χ3v) is 4.71. The monoisotopic (exact) mass is 400 g/mol. The zero-order chi connectivity index (χ0) is 19.8. The van der Waals surface area contributed by atoms with E-state index in [9.17, 15) is 4.79 Å². The summed E-state index contributed by atoms with van der Waals surface area (Å²) in [5, 5.41) is 0. The molecule has 0 atom stereocenters. The summed E-state index contributed by atoms with van der Waals surface area (Å²) in [6.45, 7) is 0.212. The Morgan fingerprint density at radius 1 is 0.967 bits per heavy atom. The average molecular weight is 400 g/mol. The van der Waals surface area contributed by atoms with E-state index in [1.165, 1.54) is 0 Å². The summed E-state index contributed by atoms with van der Waals surface area (Å²) in [5.41, 5.74) is 9.80. The van der Waals surface area contributed by atoms with Gasteiger partial charge in [0.2, 0.25) is 12.7 Å². The number of hydrogen-bond acceptors (Lipinski definition) is 5. The normalized spacial score (nSPS) is 11.7. The highest BCUT2D eigenvalue weighted by atomic mass is 16.7. The molecule has 0 saturated carbocycles. The van der Waals surface area contributed by atoms with E-state index in [2.05, 4.69) is 9.97 Å². The summed E-state index contributed by atoms with van der Waals surface area (Å²) in [6.07, 6.45) is 1.74. The minimum absolute atomic E-state index is 0. The molecule has 0 saturated heterocycles. The second kappa shape index (κ2) is 7.71. The molecule has 0 unspecified atom stereocenters. The Hall–Kier alpha value is -4.13. The minimum atomic E-state index is -0.466. The zero-order valence-corrected chi connectivity index (χ0v) is 15.3. The number of pyridine rings is 1. The molecule has 3 heterocycles. The van der Waals surface area contributed by atoms with Gasteiger partial charge in [0.1, 0.15) is 5.82 Å². The van der Waals surface area contributed by atoms with E-state index in [0.717, 1.165) is 28.2 Å². The fourth-order valence-electron chi connectivity index (χ4n) is 3.25. The molecule has 4 aromatic rings. The van der Waals surface area contributed by atoms with Crippen molar-refractivity contribution < 1.29 is 14.3 Å². The average Bonchev–Trinajstić information content (AvgIpc) is 3.41. The summed E-state index contributed by atoms with van der Waals surface area (Å²) in [5.74, 6) is 1.59. The number of aromatic nitrogens is 3. The molecule has 5 rings (SSSR count). The van der Waals surface area contributed by atoms with Crippen LogP contribution in [0.25, 0.3) is 34.0 Å². The summed E-state index contributed by atoms with van der Waals surface area (Å²) in [4.78, 5) is 24.0. The van der Waals surface area contributed by atoms with Gasteiger partial charge in [-0.3, -0.25) is 9.78 Å². The number of nitrogens with zero attached hydrogens (tertiary/aromatic N) is 2. The Bertz CT molecular complexity index is 1200. The number of benzene rings is 2. The number of fused-ring (bicyclic) bond motifs is 1. The first kappa shape index (κ1) is 19.2. The van der Waals surface area contributed by atoms with Gasteiger partial charge in [0, 0.05) is 22.9 Å². The smallest absolute Gasteiger partial charge is 0.248 e. The lowest BCUT2D eigenvalue weighted by Gasteiger charge is -2.03. The van der Waals surface area contributed by atoms with Crippen LogP contribution in [0.3, 0.4) is 0 Å². The molecular weight excluding hydrogens is 380 g/mol. The van der Waals surface area contributed by atoms with Gasteiger partial charge in [0.25, 0.3) is 0 Å². The largest absolute Gasteiger partial charge is 0.454 e. The maximum atomic E-state index is 11.3. The summed E-state index contributed by atoms with van der Waals surface area (Å²) in [6, 6.07) is 18.4. The van der Waals surface area contributed by atoms with Crippen molar-refractivity contribution in [3.8, 4) is 45.5 Å². The summed E-state index contributed by atoms with van der Waals surface area (Å²) in [7, 11) is 0. The number of primary amides is 1. The van der Waals surface area contributed by atoms with E-state index < -0.39 is 5.91 Å². The second-order valence-corrected chi connectivity index (χ2v) is 6.53. The number of imidazole rings is 1. The first-order valence-electron chi connectivity index (χ1n) is 9.01. The van der Waals surface area contributed by atoms with E-state index >= 15 is 0 Å². The number of carbonyl (C=O) groups excluding carboxylic acids is 1. The van der Waals surface area contributed by atoms with Crippen LogP contribution >= 0.6 is 0 Å². The quantitative estimate of drug-likeness (QED) is 0.532. The summed E-state index contributed by atoms with van der Waals surface area (Å²) >= 11 is 0. The fourth-order valence-corrected chi connectivity index (χ4v) is 3.25. The van der Waals surface area contributed by atoms with Crippen molar-refractivity contribution in [2.45, 2.75) is 7.43 Å². The van der Waals surface area contributed by atoms with Gasteiger partial charge in [-0.15, -0.1) is 0 Å². The van der Waals surface area contributed by atoms with Crippen molar-refractivity contribution >= 4 is 5.91 Å². The molecule has 7 nitrogen and oxygen atoms in total. The molecule has 2 aromatic carbocycles. The van der Waals surface area contributed by atoms with Crippen molar-refractivity contribution in [1.29, 1.82) is 0 Å². The van der Waals surface area contributed by atoms with Crippen LogP contribution in [0.4, 0.5) is 0 Å². The Morgan fingerprint density at radius 2 is 1.73 bits per heavy atom. The van der Waals surface area contributed by atoms with Crippen molar-refractivity contribution in [3.63, 3.8) is 0 Å². The Labute approximate surface area is 173 Å². The minimum Gasteiger partial charge on any atom is -0.454 e. The maximum absolute atomic E-state index is 11.3. The van der Waals surface area contributed by atoms with Crippen LogP contribution in [0.5, 0.6) is 11.5 Å². The van der Waals surface area contributed by atoms with Crippen molar-refractivity contribution in [2.75, 3.05) is 6.79 Å². The molecule has 7 heteroatoms. The fraction of sp³-hybridized carbons (Fsp3) is 0.0870. The molecule has 30 heavy (non-hydrogen) atoms. The van der Waals surface area contributed by atoms with Crippen LogP contribution in [-0.2, 0) is 0 Å². The SMILES string of the molecule is C.NC(=O)c1ccc(-c2nc(-c3ccc4c(c3)OCO4)c(-c3ccccn3)[nH]2)cc1. The zero-order valence-electron chi connectivity index (χ0n) is 15.3.